The molecule has 5 rings (SSSR count). The molecular formula is C28H33F2N7O4. The molecule has 0 unspecified atom stereocenters. The number of nitrogens with one attached hydrogen (secondary N) is 2. The molecule has 1 amide bonds. The number of aliphatic hydroxyl groups excluding tert-OH is 1. The molecule has 11 nitrogen and oxygen atoms in total. The molecule has 1 aromatic heterocycles. The van der Waals surface area contributed by atoms with E-state index in [-0.39, 0.29) is 25.0 Å². The molecule has 13 heteroatoms. The third-order valence-corrected chi connectivity index (χ3v) is 7.11. The van der Waals surface area contributed by atoms with E-state index in [9.17, 15) is 18.7 Å². The molecule has 2 aromatic carbocycles. The Kier molecular flexibility index (Phi) is 8.64. The second kappa shape index (κ2) is 12.5. The molecule has 1 aliphatic carbocycles. The number of carbonyl (C=O) groups excluding carboxylic acids is 1. The molecule has 2 aliphatic rings. The minimum atomic E-state index is -1.01. The zero-order valence-corrected chi connectivity index (χ0v) is 22.6. The summed E-state index contributed by atoms with van der Waals surface area (Å²) in [6, 6.07) is 7.77. The first-order chi connectivity index (χ1) is 19.8. The lowest BCUT2D eigenvalue weighted by Gasteiger charge is -2.29. The average molecular weight is 570 g/mol. The smallest absolute Gasteiger partial charge is 0.239 e. The molecule has 0 saturated heterocycles. The van der Waals surface area contributed by atoms with Gasteiger partial charge in [-0.25, -0.2) is 8.78 Å². The van der Waals surface area contributed by atoms with Gasteiger partial charge in [0.1, 0.15) is 25.6 Å². The first-order valence-electron chi connectivity index (χ1n) is 13.4. The van der Waals surface area contributed by atoms with Gasteiger partial charge in [0, 0.05) is 30.1 Å². The van der Waals surface area contributed by atoms with Crippen LogP contribution in [0.4, 0.5) is 20.2 Å². The van der Waals surface area contributed by atoms with Crippen LogP contribution >= 0.6 is 0 Å². The normalized spacial score (nSPS) is 18.4. The van der Waals surface area contributed by atoms with Crippen LogP contribution in [0.15, 0.2) is 47.7 Å². The largest absolute Gasteiger partial charge is 0.493 e. The van der Waals surface area contributed by atoms with Gasteiger partial charge in [-0.3, -0.25) is 14.5 Å². The third-order valence-electron chi connectivity index (χ3n) is 7.11. The van der Waals surface area contributed by atoms with Crippen molar-refractivity contribution in [1.82, 2.24) is 15.1 Å². The monoisotopic (exact) mass is 569 g/mol. The molecule has 5 N–H and O–H groups in total. The van der Waals surface area contributed by atoms with Gasteiger partial charge in [-0.05, 0) is 43.9 Å². The maximum absolute atomic E-state index is 14.9. The van der Waals surface area contributed by atoms with Gasteiger partial charge >= 0.3 is 0 Å². The first kappa shape index (κ1) is 28.3. The number of primary amides is 1. The minimum Gasteiger partial charge on any atom is -0.493 e. The Morgan fingerprint density at radius 3 is 2.76 bits per heavy atom. The molecule has 218 valence electrons. The number of methoxy groups -OCH3 is 1. The number of anilines is 2. The molecule has 1 aliphatic heterocycles. The van der Waals surface area contributed by atoms with Crippen molar-refractivity contribution in [2.45, 2.75) is 44.4 Å². The van der Waals surface area contributed by atoms with Gasteiger partial charge < -0.3 is 35.8 Å². The van der Waals surface area contributed by atoms with Gasteiger partial charge in [0.15, 0.2) is 23.1 Å². The number of hydrogen-bond donors (Lipinski definition) is 4. The number of aromatic nitrogens is 2. The van der Waals surface area contributed by atoms with E-state index >= 15 is 0 Å². The predicted molar refractivity (Wildman–Crippen MR) is 148 cm³/mol. The summed E-state index contributed by atoms with van der Waals surface area (Å²) in [6.45, 7) is 0.894. The molecule has 0 atom stereocenters. The number of carbonyl (C=O) groups is 1. The van der Waals surface area contributed by atoms with Crippen molar-refractivity contribution in [1.29, 1.82) is 0 Å². The van der Waals surface area contributed by atoms with E-state index in [1.165, 1.54) is 35.0 Å². The molecule has 1 saturated carbocycles. The summed E-state index contributed by atoms with van der Waals surface area (Å²) >= 11 is 0. The number of amides is 1. The number of hydrogen-bond acceptors (Lipinski definition) is 9. The summed E-state index contributed by atoms with van der Waals surface area (Å²) in [5.74, 6) is -1.21. The lowest BCUT2D eigenvalue weighted by molar-refractivity contribution is -0.118. The quantitative estimate of drug-likeness (QED) is 0.253. The summed E-state index contributed by atoms with van der Waals surface area (Å²) in [4.78, 5) is 17.5. The van der Waals surface area contributed by atoms with Crippen LogP contribution in [0, 0.1) is 11.6 Å². The predicted octanol–water partition coefficient (Wildman–Crippen LogP) is 1.20. The zero-order chi connectivity index (χ0) is 28.9. The Morgan fingerprint density at radius 2 is 2.00 bits per heavy atom. The Balaban J connectivity index is 1.45. The molecular weight excluding hydrogens is 536 g/mol. The molecule has 1 fully saturated rings. The van der Waals surface area contributed by atoms with E-state index in [0.29, 0.717) is 52.8 Å². The number of ether oxygens (including phenoxy) is 2. The maximum atomic E-state index is 14.9. The van der Waals surface area contributed by atoms with Gasteiger partial charge in [-0.2, -0.15) is 5.10 Å². The maximum Gasteiger partial charge on any atom is 0.239 e. The summed E-state index contributed by atoms with van der Waals surface area (Å²) in [7, 11) is 1.52. The van der Waals surface area contributed by atoms with Gasteiger partial charge in [0.05, 0.1) is 36.1 Å². The molecule has 0 bridgehead atoms. The number of nitrogens with two attached hydrogens (primary N) is 1. The van der Waals surface area contributed by atoms with Crippen LogP contribution in [0.25, 0.3) is 5.82 Å². The van der Waals surface area contributed by atoms with Crippen LogP contribution < -0.4 is 41.3 Å². The molecule has 41 heavy (non-hydrogen) atoms. The Bertz CT molecular complexity index is 1520. The van der Waals surface area contributed by atoms with Crippen LogP contribution in [0.1, 0.15) is 25.7 Å². The second-order valence-corrected chi connectivity index (χ2v) is 10.00. The first-order valence-corrected chi connectivity index (χ1v) is 13.4. The van der Waals surface area contributed by atoms with Crippen molar-refractivity contribution < 1.29 is 28.2 Å². The average Bonchev–Trinajstić information content (AvgIpc) is 3.39. The third kappa shape index (κ3) is 6.57. The van der Waals surface area contributed by atoms with Crippen LogP contribution in [-0.4, -0.2) is 59.9 Å². The van der Waals surface area contributed by atoms with E-state index in [4.69, 9.17) is 15.2 Å². The molecule has 0 spiro atoms. The van der Waals surface area contributed by atoms with Gasteiger partial charge in [0.25, 0.3) is 0 Å². The number of fused-ring (bicyclic) bond motifs is 1. The van der Waals surface area contributed by atoms with Gasteiger partial charge in [-0.15, -0.1) is 0 Å². The van der Waals surface area contributed by atoms with Crippen LogP contribution in [0.2, 0.25) is 0 Å². The second-order valence-electron chi connectivity index (χ2n) is 10.00. The fourth-order valence-corrected chi connectivity index (χ4v) is 5.05. The number of benzene rings is 2. The topological polar surface area (TPSA) is 139 Å². The number of halogens is 2. The highest BCUT2D eigenvalue weighted by Crippen LogP contribution is 2.28. The fraction of sp³-hybridized carbons (Fsp3) is 0.393. The standard InChI is InChI=1S/C28H33F2N7O4/c1-40-24-11-20-22(12-25(24)41-10-9-32-17-5-7-19(38)8-6-17)33-16-37(23-4-2-3-21(29)27(23)30)28(20)35-18-13-34-36(14-18)15-26(31)39/h2-4,11-14,17,19,32,35,38H,5-10,15-16H2,1H3,(H2,31,39)/t17-,19-. The molecule has 3 aromatic rings. The van der Waals surface area contributed by atoms with E-state index in [1.807, 2.05) is 0 Å². The van der Waals surface area contributed by atoms with Crippen molar-refractivity contribution in [2.75, 3.05) is 37.1 Å². The van der Waals surface area contributed by atoms with Gasteiger partial charge in [0.2, 0.25) is 5.91 Å². The highest BCUT2D eigenvalue weighted by atomic mass is 19.2. The zero-order valence-electron chi connectivity index (χ0n) is 22.6. The summed E-state index contributed by atoms with van der Waals surface area (Å²) < 4.78 is 42.2. The van der Waals surface area contributed by atoms with E-state index < -0.39 is 17.5 Å². The Hall–Kier alpha value is -4.23. The van der Waals surface area contributed by atoms with E-state index in [1.54, 1.807) is 18.3 Å². The molecule has 0 radical (unpaired) electrons. The van der Waals surface area contributed by atoms with Crippen LogP contribution in [0.3, 0.4) is 0 Å². The number of rotatable bonds is 11. The highest BCUT2D eigenvalue weighted by molar-refractivity contribution is 5.78. The van der Waals surface area contributed by atoms with Crippen LogP contribution in [-0.2, 0) is 11.3 Å². The fourth-order valence-electron chi connectivity index (χ4n) is 5.05. The minimum absolute atomic E-state index is 0.00738. The molecule has 2 heterocycles. The van der Waals surface area contributed by atoms with Crippen molar-refractivity contribution in [3.8, 4) is 11.5 Å². The highest BCUT2D eigenvalue weighted by Gasteiger charge is 2.24. The SMILES string of the molecule is COc1cc2c(cc1OCCN[C@H]1CC[C@H](O)CC1)=NCN(c1cccc(F)c1F)C=2Nc1cnn(CC(N)=O)c1. The summed E-state index contributed by atoms with van der Waals surface area (Å²) in [5, 5.41) is 21.7. The summed E-state index contributed by atoms with van der Waals surface area (Å²) in [6.07, 6.45) is 6.33. The lowest BCUT2D eigenvalue weighted by Crippen LogP contribution is -2.43. The van der Waals surface area contributed by atoms with E-state index in [2.05, 4.69) is 20.7 Å². The van der Waals surface area contributed by atoms with Crippen molar-refractivity contribution >= 4 is 23.1 Å². The van der Waals surface area contributed by atoms with E-state index in [0.717, 1.165) is 31.7 Å². The van der Waals surface area contributed by atoms with Crippen molar-refractivity contribution in [2.24, 2.45) is 10.7 Å². The Labute approximate surface area is 235 Å². The number of aliphatic hydroxyl groups is 1. The van der Waals surface area contributed by atoms with Crippen molar-refractivity contribution in [3.05, 3.63) is 64.9 Å². The lowest BCUT2D eigenvalue weighted by atomic mass is 9.93. The Morgan fingerprint density at radius 1 is 1.20 bits per heavy atom. The van der Waals surface area contributed by atoms with Crippen molar-refractivity contribution in [3.63, 3.8) is 0 Å². The van der Waals surface area contributed by atoms with Crippen LogP contribution in [0.5, 0.6) is 11.5 Å². The number of nitrogens with zero attached hydrogens (tertiary/aromatic N) is 4. The van der Waals surface area contributed by atoms with Gasteiger partial charge in [-0.1, -0.05) is 6.07 Å². The summed E-state index contributed by atoms with van der Waals surface area (Å²) in [5.41, 5.74) is 5.77.